The summed E-state index contributed by atoms with van der Waals surface area (Å²) < 4.78 is 12.3. The van der Waals surface area contributed by atoms with E-state index < -0.39 is 8.32 Å². The number of aromatic amines is 1. The molecule has 0 radical (unpaired) electrons. The van der Waals surface area contributed by atoms with Crippen molar-refractivity contribution in [1.29, 1.82) is 0 Å². The van der Waals surface area contributed by atoms with Crippen LogP contribution in [0.25, 0.3) is 10.8 Å². The van der Waals surface area contributed by atoms with Crippen LogP contribution in [0.4, 0.5) is 0 Å². The van der Waals surface area contributed by atoms with E-state index in [1.54, 1.807) is 13.3 Å². The minimum atomic E-state index is -1.96. The zero-order chi connectivity index (χ0) is 21.4. The molecule has 0 spiro atoms. The van der Waals surface area contributed by atoms with Crippen LogP contribution >= 0.6 is 0 Å². The van der Waals surface area contributed by atoms with E-state index in [9.17, 15) is 4.79 Å². The van der Waals surface area contributed by atoms with Crippen molar-refractivity contribution in [2.75, 3.05) is 7.11 Å². The van der Waals surface area contributed by atoms with Gasteiger partial charge >= 0.3 is 0 Å². The van der Waals surface area contributed by atoms with Gasteiger partial charge < -0.3 is 14.1 Å². The minimum Gasteiger partial charge on any atom is -0.496 e. The highest BCUT2D eigenvalue weighted by atomic mass is 28.4. The second kappa shape index (κ2) is 7.76. The standard InChI is InChI=1S/C23H30N2O3Si/c1-15(28-29(6,7)23(2,3)4)21-18-10-8-17(22(26)19-13-24-14-25-19)12-16(18)9-11-20(21)27-5/h8-15H,1-7H3,(H,24,25). The summed E-state index contributed by atoms with van der Waals surface area (Å²) >= 11 is 0. The highest BCUT2D eigenvalue weighted by Crippen LogP contribution is 2.42. The molecule has 0 amide bonds. The fraction of sp³-hybridized carbons (Fsp3) is 0.391. The fourth-order valence-electron chi connectivity index (χ4n) is 3.28. The maximum absolute atomic E-state index is 12.7. The van der Waals surface area contributed by atoms with Gasteiger partial charge in [0, 0.05) is 17.3 Å². The first-order valence-electron chi connectivity index (χ1n) is 9.87. The Morgan fingerprint density at radius 1 is 1.17 bits per heavy atom. The Kier molecular flexibility index (Phi) is 5.69. The van der Waals surface area contributed by atoms with Crippen LogP contribution in [0.5, 0.6) is 5.75 Å². The lowest BCUT2D eigenvalue weighted by molar-refractivity contribution is 0.103. The maximum Gasteiger partial charge on any atom is 0.212 e. The summed E-state index contributed by atoms with van der Waals surface area (Å²) in [5, 5.41) is 2.13. The van der Waals surface area contributed by atoms with Crippen molar-refractivity contribution in [3.63, 3.8) is 0 Å². The molecule has 2 aromatic carbocycles. The lowest BCUT2D eigenvalue weighted by Gasteiger charge is -2.39. The summed E-state index contributed by atoms with van der Waals surface area (Å²) in [7, 11) is -0.281. The molecular formula is C23H30N2O3Si. The van der Waals surface area contributed by atoms with Gasteiger partial charge in [0.05, 0.1) is 19.5 Å². The van der Waals surface area contributed by atoms with Gasteiger partial charge in [-0.2, -0.15) is 0 Å². The largest absolute Gasteiger partial charge is 0.496 e. The Balaban J connectivity index is 2.05. The predicted octanol–water partition coefficient (Wildman–Crippen LogP) is 5.89. The van der Waals surface area contributed by atoms with Crippen LogP contribution in [0.15, 0.2) is 42.9 Å². The van der Waals surface area contributed by atoms with Crippen molar-refractivity contribution < 1.29 is 14.0 Å². The van der Waals surface area contributed by atoms with Crippen molar-refractivity contribution in [2.24, 2.45) is 0 Å². The number of H-pyrrole nitrogens is 1. The molecule has 0 saturated carbocycles. The number of fused-ring (bicyclic) bond motifs is 1. The Labute approximate surface area is 173 Å². The average molecular weight is 411 g/mol. The van der Waals surface area contributed by atoms with E-state index in [-0.39, 0.29) is 16.9 Å². The second-order valence-corrected chi connectivity index (χ2v) is 13.7. The van der Waals surface area contributed by atoms with Crippen LogP contribution in [-0.2, 0) is 4.43 Å². The van der Waals surface area contributed by atoms with Gasteiger partial charge in [-0.3, -0.25) is 4.79 Å². The summed E-state index contributed by atoms with van der Waals surface area (Å²) in [6.45, 7) is 13.3. The predicted molar refractivity (Wildman–Crippen MR) is 119 cm³/mol. The van der Waals surface area contributed by atoms with E-state index in [1.165, 1.54) is 6.33 Å². The summed E-state index contributed by atoms with van der Waals surface area (Å²) in [6.07, 6.45) is 3.00. The number of carbonyl (C=O) groups excluding carboxylic acids is 1. The van der Waals surface area contributed by atoms with Gasteiger partial charge in [-0.15, -0.1) is 0 Å². The molecule has 0 bridgehead atoms. The molecule has 3 rings (SSSR count). The van der Waals surface area contributed by atoms with E-state index in [0.717, 1.165) is 22.1 Å². The molecule has 1 N–H and O–H groups in total. The van der Waals surface area contributed by atoms with Crippen molar-refractivity contribution >= 4 is 24.9 Å². The monoisotopic (exact) mass is 410 g/mol. The van der Waals surface area contributed by atoms with Crippen LogP contribution in [0.2, 0.25) is 18.1 Å². The normalized spacial score (nSPS) is 13.5. The number of rotatable bonds is 6. The van der Waals surface area contributed by atoms with Crippen LogP contribution in [0, 0.1) is 0 Å². The number of ether oxygens (including phenoxy) is 1. The van der Waals surface area contributed by atoms with E-state index in [4.69, 9.17) is 9.16 Å². The summed E-state index contributed by atoms with van der Waals surface area (Å²) in [5.74, 6) is 0.700. The molecule has 1 atom stereocenters. The number of nitrogens with zero attached hydrogens (tertiary/aromatic N) is 1. The summed E-state index contributed by atoms with van der Waals surface area (Å²) in [6, 6.07) is 9.68. The van der Waals surface area contributed by atoms with E-state index >= 15 is 0 Å². The van der Waals surface area contributed by atoms with Gasteiger partial charge in [-0.1, -0.05) is 39.0 Å². The van der Waals surface area contributed by atoms with Crippen molar-refractivity contribution in [3.8, 4) is 5.75 Å². The number of aromatic nitrogens is 2. The van der Waals surface area contributed by atoms with Gasteiger partial charge in [0.1, 0.15) is 11.4 Å². The molecule has 1 aromatic heterocycles. The number of benzene rings is 2. The summed E-state index contributed by atoms with van der Waals surface area (Å²) in [4.78, 5) is 19.6. The number of hydrogen-bond acceptors (Lipinski definition) is 4. The quantitative estimate of drug-likeness (QED) is 0.407. The Hall–Kier alpha value is -2.44. The number of ketones is 1. The van der Waals surface area contributed by atoms with Crippen molar-refractivity contribution in [3.05, 3.63) is 59.7 Å². The number of hydrogen-bond donors (Lipinski definition) is 1. The third-order valence-electron chi connectivity index (χ3n) is 5.92. The van der Waals surface area contributed by atoms with Gasteiger partial charge in [0.2, 0.25) is 5.78 Å². The van der Waals surface area contributed by atoms with E-state index in [0.29, 0.717) is 11.3 Å². The summed E-state index contributed by atoms with van der Waals surface area (Å²) in [5.41, 5.74) is 2.04. The zero-order valence-corrected chi connectivity index (χ0v) is 19.3. The number of carbonyl (C=O) groups is 1. The maximum atomic E-state index is 12.7. The van der Waals surface area contributed by atoms with Crippen LogP contribution in [-0.4, -0.2) is 31.2 Å². The average Bonchev–Trinajstić information content (AvgIpc) is 3.19. The molecule has 3 aromatic rings. The van der Waals surface area contributed by atoms with Crippen LogP contribution in [0.1, 0.15) is 55.4 Å². The SMILES string of the molecule is COc1ccc2cc(C(=O)c3c[nH]cn3)ccc2c1C(C)O[Si](C)(C)C(C)(C)C. The molecule has 0 aliphatic carbocycles. The molecule has 5 nitrogen and oxygen atoms in total. The van der Waals surface area contributed by atoms with Crippen molar-refractivity contribution in [2.45, 2.75) is 51.9 Å². The Morgan fingerprint density at radius 2 is 1.90 bits per heavy atom. The minimum absolute atomic E-state index is 0.101. The first kappa shape index (κ1) is 21.3. The molecule has 0 saturated heterocycles. The van der Waals surface area contributed by atoms with Crippen LogP contribution in [0.3, 0.4) is 0 Å². The van der Waals surface area contributed by atoms with Crippen molar-refractivity contribution in [1.82, 2.24) is 9.97 Å². The molecule has 0 fully saturated rings. The molecule has 29 heavy (non-hydrogen) atoms. The number of methoxy groups -OCH3 is 1. The third-order valence-corrected chi connectivity index (χ3v) is 10.5. The molecule has 0 aliphatic heterocycles. The number of nitrogens with one attached hydrogen (secondary N) is 1. The molecule has 6 heteroatoms. The smallest absolute Gasteiger partial charge is 0.212 e. The first-order chi connectivity index (χ1) is 13.5. The lowest BCUT2D eigenvalue weighted by Crippen LogP contribution is -2.41. The Morgan fingerprint density at radius 3 is 2.48 bits per heavy atom. The Bertz CT molecular complexity index is 1020. The van der Waals surface area contributed by atoms with Gasteiger partial charge in [-0.05, 0) is 48.0 Å². The van der Waals surface area contributed by atoms with Gasteiger partial charge in [-0.25, -0.2) is 4.98 Å². The molecule has 1 heterocycles. The molecule has 1 unspecified atom stereocenters. The highest BCUT2D eigenvalue weighted by Gasteiger charge is 2.39. The zero-order valence-electron chi connectivity index (χ0n) is 18.3. The molecule has 0 aliphatic rings. The van der Waals surface area contributed by atoms with Gasteiger partial charge in [0.15, 0.2) is 8.32 Å². The third kappa shape index (κ3) is 4.14. The van der Waals surface area contributed by atoms with E-state index in [1.807, 2.05) is 30.3 Å². The lowest BCUT2D eigenvalue weighted by atomic mass is 9.96. The molecule has 154 valence electrons. The molecular weight excluding hydrogens is 380 g/mol. The van der Waals surface area contributed by atoms with E-state index in [2.05, 4.69) is 50.8 Å². The fourth-order valence-corrected chi connectivity index (χ4v) is 4.64. The second-order valence-electron chi connectivity index (χ2n) is 8.92. The first-order valence-corrected chi connectivity index (χ1v) is 12.8. The highest BCUT2D eigenvalue weighted by molar-refractivity contribution is 6.74. The van der Waals surface area contributed by atoms with Crippen LogP contribution < -0.4 is 4.74 Å². The van der Waals surface area contributed by atoms with Gasteiger partial charge in [0.25, 0.3) is 0 Å². The topological polar surface area (TPSA) is 64.2 Å². The number of imidazole rings is 1.